The minimum Gasteiger partial charge on any atom is -0.496 e. The Labute approximate surface area is 150 Å². The van der Waals surface area contributed by atoms with Crippen LogP contribution < -0.4 is 10.1 Å². The Kier molecular flexibility index (Phi) is 5.19. The van der Waals surface area contributed by atoms with E-state index in [-0.39, 0.29) is 11.8 Å². The molecule has 0 radical (unpaired) electrons. The molecule has 3 rings (SSSR count). The highest BCUT2D eigenvalue weighted by Crippen LogP contribution is 2.28. The first-order valence-electron chi connectivity index (χ1n) is 7.96. The smallest absolute Gasteiger partial charge is 0.258 e. The highest BCUT2D eigenvalue weighted by molar-refractivity contribution is 6.31. The molecule has 1 aliphatic heterocycles. The Morgan fingerprint density at radius 1 is 1.32 bits per heavy atom. The zero-order chi connectivity index (χ0) is 17.8. The highest BCUT2D eigenvalue weighted by Gasteiger charge is 2.35. The third-order valence-electron chi connectivity index (χ3n) is 4.12. The van der Waals surface area contributed by atoms with E-state index in [1.165, 1.54) is 7.11 Å². The molecule has 0 bridgehead atoms. The van der Waals surface area contributed by atoms with Gasteiger partial charge < -0.3 is 15.0 Å². The van der Waals surface area contributed by atoms with Crippen molar-refractivity contribution in [3.63, 3.8) is 0 Å². The number of hydrogen-bond donors (Lipinski definition) is 1. The maximum absolute atomic E-state index is 12.9. The summed E-state index contributed by atoms with van der Waals surface area (Å²) in [5, 5.41) is 3.20. The number of rotatable bonds is 4. The summed E-state index contributed by atoms with van der Waals surface area (Å²) >= 11 is 6.02. The van der Waals surface area contributed by atoms with Gasteiger partial charge >= 0.3 is 0 Å². The quantitative estimate of drug-likeness (QED) is 0.911. The Hall–Kier alpha value is -2.60. The molecule has 2 heterocycles. The number of halogens is 1. The number of carbonyl (C=O) groups excluding carboxylic acids is 2. The molecular weight excluding hydrogens is 342 g/mol. The largest absolute Gasteiger partial charge is 0.496 e. The molecule has 2 aromatic rings. The van der Waals surface area contributed by atoms with Crippen LogP contribution in [0.3, 0.4) is 0 Å². The van der Waals surface area contributed by atoms with Crippen LogP contribution in [0, 0.1) is 0 Å². The second-order valence-corrected chi connectivity index (χ2v) is 6.14. The summed E-state index contributed by atoms with van der Waals surface area (Å²) in [5.41, 5.74) is 0.354. The predicted molar refractivity (Wildman–Crippen MR) is 94.9 cm³/mol. The lowest BCUT2D eigenvalue weighted by Gasteiger charge is -2.24. The van der Waals surface area contributed by atoms with Crippen molar-refractivity contribution in [3.05, 3.63) is 53.2 Å². The van der Waals surface area contributed by atoms with Gasteiger partial charge in [-0.05, 0) is 43.2 Å². The van der Waals surface area contributed by atoms with Gasteiger partial charge in [0, 0.05) is 17.8 Å². The zero-order valence-electron chi connectivity index (χ0n) is 13.7. The summed E-state index contributed by atoms with van der Waals surface area (Å²) in [7, 11) is 1.50. The van der Waals surface area contributed by atoms with Crippen LogP contribution in [0.4, 0.5) is 5.82 Å². The summed E-state index contributed by atoms with van der Waals surface area (Å²) in [5.74, 6) is 0.390. The molecule has 7 heteroatoms. The van der Waals surface area contributed by atoms with E-state index in [0.29, 0.717) is 35.1 Å². The summed E-state index contributed by atoms with van der Waals surface area (Å²) in [6.07, 6.45) is 2.96. The van der Waals surface area contributed by atoms with Crippen molar-refractivity contribution in [1.82, 2.24) is 9.88 Å². The van der Waals surface area contributed by atoms with Gasteiger partial charge in [0.15, 0.2) is 0 Å². The molecule has 1 aromatic heterocycles. The second-order valence-electron chi connectivity index (χ2n) is 5.71. The van der Waals surface area contributed by atoms with Crippen molar-refractivity contribution in [1.29, 1.82) is 0 Å². The molecule has 0 saturated carbocycles. The van der Waals surface area contributed by atoms with Crippen LogP contribution in [-0.4, -0.2) is 41.4 Å². The molecule has 130 valence electrons. The van der Waals surface area contributed by atoms with Crippen LogP contribution in [0.15, 0.2) is 42.6 Å². The van der Waals surface area contributed by atoms with Gasteiger partial charge in [-0.25, -0.2) is 4.98 Å². The number of nitrogens with zero attached hydrogens (tertiary/aromatic N) is 2. The molecule has 1 aliphatic rings. The number of ether oxygens (including phenoxy) is 1. The van der Waals surface area contributed by atoms with E-state index < -0.39 is 6.04 Å². The predicted octanol–water partition coefficient (Wildman–Crippen LogP) is 2.99. The zero-order valence-corrected chi connectivity index (χ0v) is 14.5. The molecule has 1 atom stereocenters. The molecule has 2 amide bonds. The van der Waals surface area contributed by atoms with Crippen LogP contribution >= 0.6 is 11.6 Å². The van der Waals surface area contributed by atoms with Crippen molar-refractivity contribution in [2.75, 3.05) is 19.0 Å². The topological polar surface area (TPSA) is 71.5 Å². The molecule has 1 aromatic carbocycles. The van der Waals surface area contributed by atoms with Gasteiger partial charge in [-0.2, -0.15) is 0 Å². The van der Waals surface area contributed by atoms with Crippen molar-refractivity contribution < 1.29 is 14.3 Å². The monoisotopic (exact) mass is 359 g/mol. The number of pyridine rings is 1. The SMILES string of the molecule is COc1ccc(Cl)cc1C(=O)N1CCC[C@H]1C(=O)Nc1ccccn1. The Bertz CT molecular complexity index is 782. The first kappa shape index (κ1) is 17.2. The fraction of sp³-hybridized carbons (Fsp3) is 0.278. The van der Waals surface area contributed by atoms with Crippen molar-refractivity contribution in [2.24, 2.45) is 0 Å². The van der Waals surface area contributed by atoms with Crippen LogP contribution in [0.25, 0.3) is 0 Å². The molecule has 0 spiro atoms. The summed E-state index contributed by atoms with van der Waals surface area (Å²) in [4.78, 5) is 31.2. The van der Waals surface area contributed by atoms with Gasteiger partial charge in [0.1, 0.15) is 17.6 Å². The van der Waals surface area contributed by atoms with E-state index in [2.05, 4.69) is 10.3 Å². The summed E-state index contributed by atoms with van der Waals surface area (Å²) < 4.78 is 5.26. The lowest BCUT2D eigenvalue weighted by molar-refractivity contribution is -0.119. The third-order valence-corrected chi connectivity index (χ3v) is 4.36. The number of likely N-dealkylation sites (tertiary alicyclic amines) is 1. The van der Waals surface area contributed by atoms with Gasteiger partial charge in [0.05, 0.1) is 12.7 Å². The molecule has 1 fully saturated rings. The fourth-order valence-corrected chi connectivity index (χ4v) is 3.10. The number of amides is 2. The van der Waals surface area contributed by atoms with Gasteiger partial charge in [-0.15, -0.1) is 0 Å². The average molecular weight is 360 g/mol. The van der Waals surface area contributed by atoms with Gasteiger partial charge in [0.2, 0.25) is 5.91 Å². The summed E-state index contributed by atoms with van der Waals surface area (Å²) in [6, 6.07) is 9.59. The Morgan fingerprint density at radius 3 is 2.88 bits per heavy atom. The van der Waals surface area contributed by atoms with Crippen molar-refractivity contribution in [3.8, 4) is 5.75 Å². The average Bonchev–Trinajstić information content (AvgIpc) is 3.12. The number of aromatic nitrogens is 1. The number of nitrogens with one attached hydrogen (secondary N) is 1. The van der Waals surface area contributed by atoms with E-state index >= 15 is 0 Å². The van der Waals surface area contributed by atoms with E-state index in [1.54, 1.807) is 47.5 Å². The van der Waals surface area contributed by atoms with E-state index in [1.807, 2.05) is 0 Å². The molecule has 25 heavy (non-hydrogen) atoms. The maximum Gasteiger partial charge on any atom is 0.258 e. The fourth-order valence-electron chi connectivity index (χ4n) is 2.93. The standard InChI is InChI=1S/C18H18ClN3O3/c1-25-15-8-7-12(19)11-13(15)18(24)22-10-4-5-14(22)17(23)21-16-6-2-3-9-20-16/h2-3,6-9,11,14H,4-5,10H2,1H3,(H,20,21,23)/t14-/m0/s1. The number of benzene rings is 1. The van der Waals surface area contributed by atoms with Gasteiger partial charge in [0.25, 0.3) is 5.91 Å². The first-order chi connectivity index (χ1) is 12.1. The maximum atomic E-state index is 12.9. The lowest BCUT2D eigenvalue weighted by atomic mass is 10.1. The van der Waals surface area contributed by atoms with Gasteiger partial charge in [-0.3, -0.25) is 9.59 Å². The minimum atomic E-state index is -0.543. The number of methoxy groups -OCH3 is 1. The van der Waals surface area contributed by atoms with Crippen LogP contribution in [0.1, 0.15) is 23.2 Å². The summed E-state index contributed by atoms with van der Waals surface area (Å²) in [6.45, 7) is 0.509. The molecular formula is C18H18ClN3O3. The molecule has 0 unspecified atom stereocenters. The van der Waals surface area contributed by atoms with Crippen LogP contribution in [0.5, 0.6) is 5.75 Å². The van der Waals surface area contributed by atoms with Crippen molar-refractivity contribution >= 4 is 29.2 Å². The van der Waals surface area contributed by atoms with Crippen molar-refractivity contribution in [2.45, 2.75) is 18.9 Å². The highest BCUT2D eigenvalue weighted by atomic mass is 35.5. The van der Waals surface area contributed by atoms with E-state index in [4.69, 9.17) is 16.3 Å². The van der Waals surface area contributed by atoms with Crippen LogP contribution in [0.2, 0.25) is 5.02 Å². The molecule has 1 N–H and O–H groups in total. The second kappa shape index (κ2) is 7.53. The molecule has 0 aliphatic carbocycles. The molecule has 1 saturated heterocycles. The number of hydrogen-bond acceptors (Lipinski definition) is 4. The van der Waals surface area contributed by atoms with Crippen LogP contribution in [-0.2, 0) is 4.79 Å². The number of carbonyl (C=O) groups is 2. The van der Waals surface area contributed by atoms with E-state index in [0.717, 1.165) is 6.42 Å². The third kappa shape index (κ3) is 3.74. The first-order valence-corrected chi connectivity index (χ1v) is 8.34. The molecule has 6 nitrogen and oxygen atoms in total. The van der Waals surface area contributed by atoms with E-state index in [9.17, 15) is 9.59 Å². The van der Waals surface area contributed by atoms with Gasteiger partial charge in [-0.1, -0.05) is 17.7 Å². The Balaban J connectivity index is 1.80. The lowest BCUT2D eigenvalue weighted by Crippen LogP contribution is -2.43. The normalized spacial score (nSPS) is 16.6. The number of anilines is 1. The minimum absolute atomic E-state index is 0.245. The Morgan fingerprint density at radius 2 is 2.16 bits per heavy atom.